The van der Waals surface area contributed by atoms with Gasteiger partial charge >= 0.3 is 0 Å². The molecular weight excluding hydrogens is 601 g/mol. The van der Waals surface area contributed by atoms with E-state index in [0.717, 1.165) is 41.6 Å². The van der Waals surface area contributed by atoms with Gasteiger partial charge in [-0.05, 0) is 30.7 Å². The predicted octanol–water partition coefficient (Wildman–Crippen LogP) is 5.85. The molecule has 0 aliphatic rings. The van der Waals surface area contributed by atoms with E-state index in [4.69, 9.17) is 14.8 Å². The van der Waals surface area contributed by atoms with Gasteiger partial charge in [-0.15, -0.1) is 0 Å². The van der Waals surface area contributed by atoms with Crippen molar-refractivity contribution >= 4 is 12.6 Å². The quantitative estimate of drug-likeness (QED) is 0.205. The molecule has 1 N–H and O–H groups in total. The van der Waals surface area contributed by atoms with Gasteiger partial charge in [-0.2, -0.15) is 12.6 Å². The van der Waals surface area contributed by atoms with Crippen LogP contribution in [0.1, 0.15) is 45.4 Å². The van der Waals surface area contributed by atoms with Crippen LogP contribution in [0, 0.1) is 0 Å². The molecule has 0 aliphatic carbocycles. The van der Waals surface area contributed by atoms with Crippen LogP contribution in [0.3, 0.4) is 0 Å². The van der Waals surface area contributed by atoms with Gasteiger partial charge < -0.3 is 9.84 Å². The summed E-state index contributed by atoms with van der Waals surface area (Å²) in [5, 5.41) is 7.80. The molecule has 3 rings (SSSR count). The summed E-state index contributed by atoms with van der Waals surface area (Å²) in [5.74, 6) is 1.39. The summed E-state index contributed by atoms with van der Waals surface area (Å²) in [4.78, 5) is 13.6. The van der Waals surface area contributed by atoms with Crippen LogP contribution in [-0.2, 0) is 21.1 Å². The Morgan fingerprint density at radius 2 is 1.34 bits per heavy atom. The molecule has 32 heavy (non-hydrogen) atoms. The Hall–Kier alpha value is -1.75. The number of hydrogen-bond donors (Lipinski definition) is 2. The second-order valence-electron chi connectivity index (χ2n) is 7.07. The largest absolute Gasteiger partial charge is 0.493 e. The third-order valence-electron chi connectivity index (χ3n) is 4.52. The number of hydrogen-bond acceptors (Lipinski definition) is 6. The van der Waals surface area contributed by atoms with Gasteiger partial charge in [-0.3, -0.25) is 9.97 Å². The van der Waals surface area contributed by atoms with Gasteiger partial charge in [-0.1, -0.05) is 51.2 Å². The van der Waals surface area contributed by atoms with E-state index < -0.39 is 0 Å². The van der Waals surface area contributed by atoms with E-state index in [9.17, 15) is 0 Å². The van der Waals surface area contributed by atoms with E-state index in [-0.39, 0.29) is 27.7 Å². The Kier molecular flexibility index (Phi) is 15.7. The van der Waals surface area contributed by atoms with Crippen molar-refractivity contribution in [3.63, 3.8) is 0 Å². The topological polar surface area (TPSA) is 68.1 Å². The summed E-state index contributed by atoms with van der Waals surface area (Å²) in [6, 6.07) is 15.6. The van der Waals surface area contributed by atoms with Crippen molar-refractivity contribution in [2.24, 2.45) is 0 Å². The average molecular weight is 635 g/mol. The Morgan fingerprint density at radius 1 is 0.812 bits per heavy atom. The predicted molar refractivity (Wildman–Crippen MR) is 131 cm³/mol. The van der Waals surface area contributed by atoms with Crippen molar-refractivity contribution < 1.29 is 30.9 Å². The minimum Gasteiger partial charge on any atom is -0.493 e. The number of thiol groups is 1. The average Bonchev–Trinajstić information content (AvgIpc) is 2.84. The first-order valence-electron chi connectivity index (χ1n) is 11.0. The Bertz CT molecular complexity index is 795. The van der Waals surface area contributed by atoms with Crippen molar-refractivity contribution in [2.75, 3.05) is 19.0 Å². The summed E-state index contributed by atoms with van der Waals surface area (Å²) in [5.41, 5.74) is 3.27. The van der Waals surface area contributed by atoms with Gasteiger partial charge in [0.05, 0.1) is 36.0 Å². The summed E-state index contributed by atoms with van der Waals surface area (Å²) in [6.07, 6.45) is 11.1. The number of nitrogens with zero attached hydrogens (tertiary/aromatic N) is 3. The number of pyridine rings is 3. The fraction of sp³-hybridized carbons (Fsp3) is 0.400. The first-order chi connectivity index (χ1) is 15.3. The SMILES string of the molecule is CCCCCCCCOc1cc(-c2ccccn2)nc(-c2ccccn2)c1.OCCS.[Pt]. The van der Waals surface area contributed by atoms with Crippen LogP contribution in [0.25, 0.3) is 22.8 Å². The zero-order valence-corrected chi connectivity index (χ0v) is 21.8. The molecule has 5 nitrogen and oxygen atoms in total. The molecule has 0 unspecified atom stereocenters. The van der Waals surface area contributed by atoms with E-state index >= 15 is 0 Å². The summed E-state index contributed by atoms with van der Waals surface area (Å²) in [7, 11) is 0. The van der Waals surface area contributed by atoms with Crippen LogP contribution in [-0.4, -0.2) is 39.0 Å². The first kappa shape index (κ1) is 28.3. The monoisotopic (exact) mass is 634 g/mol. The maximum atomic E-state index is 7.80. The number of ether oxygens (including phenoxy) is 1. The van der Waals surface area contributed by atoms with E-state index in [1.54, 1.807) is 12.4 Å². The van der Waals surface area contributed by atoms with E-state index in [1.807, 2.05) is 48.5 Å². The molecule has 0 amide bonds. The summed E-state index contributed by atoms with van der Waals surface area (Å²) < 4.78 is 6.04. The van der Waals surface area contributed by atoms with Gasteiger partial charge in [0.1, 0.15) is 5.75 Å². The molecular formula is C25H33N3O2PtS. The van der Waals surface area contributed by atoms with Crippen LogP contribution in [0.4, 0.5) is 0 Å². The molecule has 3 aromatic rings. The third-order valence-corrected chi connectivity index (χ3v) is 4.72. The van der Waals surface area contributed by atoms with Crippen molar-refractivity contribution in [1.29, 1.82) is 0 Å². The van der Waals surface area contributed by atoms with Gasteiger partial charge in [0.2, 0.25) is 0 Å². The van der Waals surface area contributed by atoms with Gasteiger partial charge in [0.25, 0.3) is 0 Å². The van der Waals surface area contributed by atoms with Crippen LogP contribution >= 0.6 is 12.6 Å². The van der Waals surface area contributed by atoms with Crippen LogP contribution in [0.5, 0.6) is 5.75 Å². The zero-order chi connectivity index (χ0) is 22.2. The second kappa shape index (κ2) is 17.8. The number of aliphatic hydroxyl groups is 1. The molecule has 7 heteroatoms. The Balaban J connectivity index is 0.000000945. The minimum atomic E-state index is 0. The number of aromatic nitrogens is 3. The normalized spacial score (nSPS) is 9.97. The van der Waals surface area contributed by atoms with Gasteiger partial charge in [0.15, 0.2) is 0 Å². The maximum Gasteiger partial charge on any atom is 0.123 e. The number of rotatable bonds is 11. The molecule has 3 aromatic heterocycles. The van der Waals surface area contributed by atoms with Crippen molar-refractivity contribution in [2.45, 2.75) is 45.4 Å². The van der Waals surface area contributed by atoms with E-state index in [0.29, 0.717) is 5.75 Å². The standard InChI is InChI=1S/C23H27N3O.C2H6OS.Pt/c1-2-3-4-5-6-11-16-27-19-17-22(20-12-7-9-14-24-20)26-23(18-19)21-13-8-10-15-25-21;3-1-2-4;/h7-10,12-15,17-18H,2-6,11,16H2,1H3;3-4H,1-2H2;. The van der Waals surface area contributed by atoms with E-state index in [2.05, 4.69) is 29.5 Å². The third kappa shape index (κ3) is 10.7. The van der Waals surface area contributed by atoms with Crippen LogP contribution in [0.2, 0.25) is 0 Å². The maximum absolute atomic E-state index is 7.80. The molecule has 0 aliphatic heterocycles. The second-order valence-corrected chi connectivity index (χ2v) is 7.51. The fourth-order valence-electron chi connectivity index (χ4n) is 2.95. The molecule has 0 radical (unpaired) electrons. The molecule has 0 bridgehead atoms. The first-order valence-corrected chi connectivity index (χ1v) is 11.6. The Labute approximate surface area is 211 Å². The molecule has 3 heterocycles. The van der Waals surface area contributed by atoms with Crippen molar-refractivity contribution in [3.05, 3.63) is 60.9 Å². The smallest absolute Gasteiger partial charge is 0.123 e. The van der Waals surface area contributed by atoms with Crippen molar-refractivity contribution in [3.8, 4) is 28.5 Å². The van der Waals surface area contributed by atoms with Crippen LogP contribution < -0.4 is 4.74 Å². The number of aliphatic hydroxyl groups excluding tert-OH is 1. The summed E-state index contributed by atoms with van der Waals surface area (Å²) >= 11 is 3.67. The summed E-state index contributed by atoms with van der Waals surface area (Å²) in [6.45, 7) is 3.15. The Morgan fingerprint density at radius 3 is 1.81 bits per heavy atom. The van der Waals surface area contributed by atoms with Gasteiger partial charge in [-0.25, -0.2) is 4.98 Å². The molecule has 0 fully saturated rings. The van der Waals surface area contributed by atoms with Gasteiger partial charge in [0, 0.05) is 51.3 Å². The van der Waals surface area contributed by atoms with Crippen LogP contribution in [0.15, 0.2) is 60.9 Å². The molecule has 0 atom stereocenters. The molecule has 0 saturated heterocycles. The zero-order valence-electron chi connectivity index (χ0n) is 18.6. The number of unbranched alkanes of at least 4 members (excludes halogenated alkanes) is 5. The van der Waals surface area contributed by atoms with Crippen molar-refractivity contribution in [1.82, 2.24) is 15.0 Å². The van der Waals surface area contributed by atoms with E-state index in [1.165, 1.54) is 32.1 Å². The fourth-order valence-corrected chi connectivity index (χ4v) is 2.95. The molecule has 176 valence electrons. The molecule has 0 saturated carbocycles. The molecule has 0 spiro atoms. The minimum absolute atomic E-state index is 0. The molecule has 0 aromatic carbocycles.